The molecule has 0 radical (unpaired) electrons. The predicted molar refractivity (Wildman–Crippen MR) is 72.0 cm³/mol. The summed E-state index contributed by atoms with van der Waals surface area (Å²) in [4.78, 5) is 12.1. The molecule has 0 fully saturated rings. The molecule has 108 valence electrons. The maximum absolute atomic E-state index is 12.1. The number of carbonyl (C=O) groups is 1. The van der Waals surface area contributed by atoms with Gasteiger partial charge in [0.25, 0.3) is 5.91 Å². The van der Waals surface area contributed by atoms with Crippen molar-refractivity contribution in [2.75, 3.05) is 13.2 Å². The Morgan fingerprint density at radius 3 is 2.68 bits per heavy atom. The average molecular weight is 269 g/mol. The molecule has 1 unspecified atom stereocenters. The van der Waals surface area contributed by atoms with E-state index in [4.69, 9.17) is 5.11 Å². The van der Waals surface area contributed by atoms with Gasteiger partial charge in [0.2, 0.25) is 0 Å². The summed E-state index contributed by atoms with van der Waals surface area (Å²) >= 11 is 0. The van der Waals surface area contributed by atoms with Gasteiger partial charge in [-0.3, -0.25) is 9.48 Å². The van der Waals surface area contributed by atoms with Gasteiger partial charge in [-0.15, -0.1) is 0 Å². The fourth-order valence-electron chi connectivity index (χ4n) is 1.56. The number of aromatic nitrogens is 2. The fourth-order valence-corrected chi connectivity index (χ4v) is 1.56. The van der Waals surface area contributed by atoms with E-state index in [1.165, 1.54) is 6.92 Å². The third-order valence-corrected chi connectivity index (χ3v) is 2.89. The van der Waals surface area contributed by atoms with E-state index in [-0.39, 0.29) is 18.4 Å². The number of aryl methyl sites for hydroxylation is 1. The first kappa shape index (κ1) is 15.7. The summed E-state index contributed by atoms with van der Waals surface area (Å²) < 4.78 is 1.64. The highest BCUT2D eigenvalue weighted by atomic mass is 16.3. The van der Waals surface area contributed by atoms with Crippen LogP contribution in [0.3, 0.4) is 0 Å². The smallest absolute Gasteiger partial charge is 0.269 e. The molecule has 6 nitrogen and oxygen atoms in total. The van der Waals surface area contributed by atoms with Gasteiger partial charge in [-0.1, -0.05) is 13.8 Å². The van der Waals surface area contributed by atoms with Crippen molar-refractivity contribution in [3.8, 4) is 0 Å². The molecule has 0 aliphatic heterocycles. The molecule has 0 saturated carbocycles. The largest absolute Gasteiger partial charge is 0.393 e. The van der Waals surface area contributed by atoms with Crippen LogP contribution < -0.4 is 5.32 Å². The molecule has 3 N–H and O–H groups in total. The van der Waals surface area contributed by atoms with Crippen LogP contribution in [0.1, 0.15) is 49.8 Å². The van der Waals surface area contributed by atoms with E-state index >= 15 is 0 Å². The van der Waals surface area contributed by atoms with Crippen molar-refractivity contribution in [2.24, 2.45) is 0 Å². The zero-order valence-electron chi connectivity index (χ0n) is 12.0. The molecule has 1 amide bonds. The molecule has 0 bridgehead atoms. The predicted octanol–water partition coefficient (Wildman–Crippen LogP) is 0.499. The number of aliphatic hydroxyl groups is 2. The summed E-state index contributed by atoms with van der Waals surface area (Å²) in [6.45, 7) is 7.60. The van der Waals surface area contributed by atoms with Gasteiger partial charge < -0.3 is 15.5 Å². The second kappa shape index (κ2) is 6.16. The van der Waals surface area contributed by atoms with Crippen molar-refractivity contribution in [2.45, 2.75) is 45.8 Å². The van der Waals surface area contributed by atoms with Crippen LogP contribution in [-0.4, -0.2) is 44.7 Å². The molecular weight excluding hydrogens is 246 g/mol. The number of hydrogen-bond acceptors (Lipinski definition) is 4. The number of amides is 1. The maximum atomic E-state index is 12.1. The van der Waals surface area contributed by atoms with E-state index in [2.05, 4.69) is 10.4 Å². The summed E-state index contributed by atoms with van der Waals surface area (Å²) in [5, 5.41) is 25.6. The molecule has 0 saturated heterocycles. The minimum Gasteiger partial charge on any atom is -0.393 e. The summed E-state index contributed by atoms with van der Waals surface area (Å²) in [5.74, 6) is -0.0464. The highest BCUT2D eigenvalue weighted by molar-refractivity contribution is 5.92. The summed E-state index contributed by atoms with van der Waals surface area (Å²) in [6.07, 6.45) is 0. The molecule has 1 aromatic heterocycles. The van der Waals surface area contributed by atoms with E-state index in [1.54, 1.807) is 10.7 Å². The number of carbonyl (C=O) groups excluding carboxylic acids is 1. The second-order valence-electron chi connectivity index (χ2n) is 5.26. The Hall–Kier alpha value is -1.40. The number of nitrogens with zero attached hydrogens (tertiary/aromatic N) is 2. The van der Waals surface area contributed by atoms with E-state index in [0.717, 1.165) is 5.69 Å². The Bertz CT molecular complexity index is 438. The minimum atomic E-state index is -1.31. The first-order valence-electron chi connectivity index (χ1n) is 6.50. The molecule has 0 spiro atoms. The molecule has 1 rings (SSSR count). The van der Waals surface area contributed by atoms with Crippen LogP contribution in [-0.2, 0) is 6.54 Å². The average Bonchev–Trinajstić information content (AvgIpc) is 2.80. The zero-order chi connectivity index (χ0) is 14.6. The minimum absolute atomic E-state index is 0.00571. The Balaban J connectivity index is 2.81. The van der Waals surface area contributed by atoms with Crippen LogP contribution >= 0.6 is 0 Å². The third kappa shape index (κ3) is 4.04. The summed E-state index contributed by atoms with van der Waals surface area (Å²) in [6, 6.07) is 1.76. The quantitative estimate of drug-likeness (QED) is 0.702. The molecule has 0 aliphatic rings. The molecule has 1 atom stereocenters. The Kier molecular flexibility index (Phi) is 5.08. The molecule has 1 heterocycles. The van der Waals surface area contributed by atoms with Crippen LogP contribution in [0.15, 0.2) is 6.07 Å². The first-order chi connectivity index (χ1) is 8.80. The number of hydrogen-bond donors (Lipinski definition) is 3. The lowest BCUT2D eigenvalue weighted by Crippen LogP contribution is -2.43. The SMILES string of the molecule is CCn1nc(C(C)C)cc1C(=O)NCC(C)(O)CO. The lowest BCUT2D eigenvalue weighted by atomic mass is 10.1. The topological polar surface area (TPSA) is 87.4 Å². The molecule has 19 heavy (non-hydrogen) atoms. The van der Waals surface area contributed by atoms with Gasteiger partial charge in [-0.2, -0.15) is 5.10 Å². The van der Waals surface area contributed by atoms with Gasteiger partial charge in [0.1, 0.15) is 11.3 Å². The molecule has 0 aliphatic carbocycles. The number of aliphatic hydroxyl groups excluding tert-OH is 1. The van der Waals surface area contributed by atoms with E-state index in [1.807, 2.05) is 20.8 Å². The van der Waals surface area contributed by atoms with E-state index in [0.29, 0.717) is 12.2 Å². The monoisotopic (exact) mass is 269 g/mol. The normalized spacial score (nSPS) is 14.5. The first-order valence-corrected chi connectivity index (χ1v) is 6.50. The molecule has 1 aromatic rings. The second-order valence-corrected chi connectivity index (χ2v) is 5.26. The summed E-state index contributed by atoms with van der Waals surface area (Å²) in [7, 11) is 0. The van der Waals surface area contributed by atoms with Crippen molar-refractivity contribution in [3.63, 3.8) is 0 Å². The van der Waals surface area contributed by atoms with Gasteiger partial charge in [-0.05, 0) is 25.8 Å². The molecule has 0 aromatic carbocycles. The molecule has 6 heteroatoms. The Morgan fingerprint density at radius 2 is 2.21 bits per heavy atom. The highest BCUT2D eigenvalue weighted by Gasteiger charge is 2.22. The van der Waals surface area contributed by atoms with Crippen LogP contribution in [0.2, 0.25) is 0 Å². The van der Waals surface area contributed by atoms with Crippen molar-refractivity contribution < 1.29 is 15.0 Å². The van der Waals surface area contributed by atoms with E-state index in [9.17, 15) is 9.90 Å². The zero-order valence-corrected chi connectivity index (χ0v) is 12.0. The van der Waals surface area contributed by atoms with Gasteiger partial charge >= 0.3 is 0 Å². The number of rotatable bonds is 6. The maximum Gasteiger partial charge on any atom is 0.269 e. The van der Waals surface area contributed by atoms with Crippen molar-refractivity contribution >= 4 is 5.91 Å². The Labute approximate surface area is 113 Å². The number of nitrogens with one attached hydrogen (secondary N) is 1. The highest BCUT2D eigenvalue weighted by Crippen LogP contribution is 2.14. The van der Waals surface area contributed by atoms with Gasteiger partial charge in [0.05, 0.1) is 12.3 Å². The van der Waals surface area contributed by atoms with Crippen molar-refractivity contribution in [3.05, 3.63) is 17.5 Å². The van der Waals surface area contributed by atoms with Gasteiger partial charge in [0.15, 0.2) is 0 Å². The van der Waals surface area contributed by atoms with Crippen LogP contribution in [0.5, 0.6) is 0 Å². The van der Waals surface area contributed by atoms with Crippen LogP contribution in [0.4, 0.5) is 0 Å². The lowest BCUT2D eigenvalue weighted by Gasteiger charge is -2.20. The fraction of sp³-hybridized carbons (Fsp3) is 0.692. The van der Waals surface area contributed by atoms with Gasteiger partial charge in [-0.25, -0.2) is 0 Å². The van der Waals surface area contributed by atoms with Crippen molar-refractivity contribution in [1.29, 1.82) is 0 Å². The van der Waals surface area contributed by atoms with Crippen molar-refractivity contribution in [1.82, 2.24) is 15.1 Å². The van der Waals surface area contributed by atoms with Crippen LogP contribution in [0, 0.1) is 0 Å². The third-order valence-electron chi connectivity index (χ3n) is 2.89. The van der Waals surface area contributed by atoms with E-state index < -0.39 is 12.2 Å². The van der Waals surface area contributed by atoms with Crippen LogP contribution in [0.25, 0.3) is 0 Å². The Morgan fingerprint density at radius 1 is 1.58 bits per heavy atom. The molecular formula is C13H23N3O3. The summed E-state index contributed by atoms with van der Waals surface area (Å²) in [5.41, 5.74) is 0.0222. The van der Waals surface area contributed by atoms with Gasteiger partial charge in [0, 0.05) is 13.1 Å². The lowest BCUT2D eigenvalue weighted by molar-refractivity contribution is 0.00312. The standard InChI is InChI=1S/C13H23N3O3/c1-5-16-11(6-10(15-16)9(2)3)12(18)14-7-13(4,19)8-17/h6,9,17,19H,5,7-8H2,1-4H3,(H,14,18).